The number of hydrogen-bond acceptors (Lipinski definition) is 4. The molecule has 90 valence electrons. The minimum absolute atomic E-state index is 0.142. The molecular weight excluding hydrogens is 266 g/mol. The van der Waals surface area contributed by atoms with E-state index in [1.54, 1.807) is 0 Å². The molecule has 0 saturated heterocycles. The van der Waals surface area contributed by atoms with E-state index in [0.29, 0.717) is 5.95 Å². The average molecular weight is 275 g/mol. The van der Waals surface area contributed by atoms with Crippen molar-refractivity contribution in [1.82, 2.24) is 9.97 Å². The fraction of sp³-hybridized carbons (Fsp3) is 0. The van der Waals surface area contributed by atoms with Crippen LogP contribution < -0.4 is 5.32 Å². The SMILES string of the molecule is O=C(Nc1nc2ccccc2[nH]1)Sc1cccs1. The smallest absolute Gasteiger partial charge is 0.291 e. The van der Waals surface area contributed by atoms with E-state index >= 15 is 0 Å². The normalized spacial score (nSPS) is 10.7. The highest BCUT2D eigenvalue weighted by Gasteiger charge is 2.08. The molecule has 2 aromatic heterocycles. The molecule has 4 nitrogen and oxygen atoms in total. The molecule has 2 heterocycles. The van der Waals surface area contributed by atoms with Crippen LogP contribution in [0.1, 0.15) is 0 Å². The molecule has 0 spiro atoms. The van der Waals surface area contributed by atoms with Gasteiger partial charge in [0.2, 0.25) is 5.95 Å². The maximum atomic E-state index is 11.8. The molecule has 1 aromatic carbocycles. The monoisotopic (exact) mass is 275 g/mol. The number of H-pyrrole nitrogens is 1. The number of thiophene rings is 1. The second kappa shape index (κ2) is 4.83. The number of anilines is 1. The Morgan fingerprint density at radius 3 is 2.94 bits per heavy atom. The molecule has 0 bridgehead atoms. The van der Waals surface area contributed by atoms with Gasteiger partial charge in [-0.2, -0.15) is 0 Å². The Bertz CT molecular complexity index is 643. The molecule has 6 heteroatoms. The summed E-state index contributed by atoms with van der Waals surface area (Å²) < 4.78 is 0.962. The number of amides is 1. The van der Waals surface area contributed by atoms with Crippen molar-refractivity contribution >= 4 is 45.3 Å². The highest BCUT2D eigenvalue weighted by Crippen LogP contribution is 2.25. The number of imidazole rings is 1. The zero-order chi connectivity index (χ0) is 12.4. The molecule has 18 heavy (non-hydrogen) atoms. The molecule has 3 rings (SSSR count). The van der Waals surface area contributed by atoms with Gasteiger partial charge in [0.05, 0.1) is 15.2 Å². The van der Waals surface area contributed by atoms with Gasteiger partial charge in [0.1, 0.15) is 0 Å². The van der Waals surface area contributed by atoms with Gasteiger partial charge in [0, 0.05) is 0 Å². The van der Waals surface area contributed by atoms with Gasteiger partial charge in [-0.25, -0.2) is 4.98 Å². The molecule has 0 fully saturated rings. The molecule has 3 aromatic rings. The van der Waals surface area contributed by atoms with E-state index in [9.17, 15) is 4.79 Å². The van der Waals surface area contributed by atoms with Gasteiger partial charge < -0.3 is 4.98 Å². The van der Waals surface area contributed by atoms with E-state index in [2.05, 4.69) is 15.3 Å². The molecule has 0 aliphatic heterocycles. The van der Waals surface area contributed by atoms with Crippen LogP contribution in [0, 0.1) is 0 Å². The zero-order valence-electron chi connectivity index (χ0n) is 9.21. The summed E-state index contributed by atoms with van der Waals surface area (Å²) in [6.07, 6.45) is 0. The zero-order valence-corrected chi connectivity index (χ0v) is 10.8. The number of hydrogen-bond donors (Lipinski definition) is 2. The van der Waals surface area contributed by atoms with Crippen LogP contribution in [0.5, 0.6) is 0 Å². The number of fused-ring (bicyclic) bond motifs is 1. The van der Waals surface area contributed by atoms with Crippen molar-refractivity contribution in [2.24, 2.45) is 0 Å². The first-order valence-electron chi connectivity index (χ1n) is 5.28. The van der Waals surface area contributed by atoms with Crippen molar-refractivity contribution in [3.63, 3.8) is 0 Å². The number of thioether (sulfide) groups is 1. The first-order chi connectivity index (χ1) is 8.81. The molecule has 0 radical (unpaired) electrons. The quantitative estimate of drug-likeness (QED) is 0.696. The Hall–Kier alpha value is -1.79. The van der Waals surface area contributed by atoms with Crippen molar-refractivity contribution in [3.8, 4) is 0 Å². The second-order valence-electron chi connectivity index (χ2n) is 3.55. The Morgan fingerprint density at radius 1 is 1.28 bits per heavy atom. The topological polar surface area (TPSA) is 57.8 Å². The largest absolute Gasteiger partial charge is 0.324 e. The average Bonchev–Trinajstić information content (AvgIpc) is 2.96. The van der Waals surface area contributed by atoms with Gasteiger partial charge in [0.15, 0.2) is 0 Å². The second-order valence-corrected chi connectivity index (χ2v) is 5.77. The van der Waals surface area contributed by atoms with Crippen LogP contribution in [0.15, 0.2) is 46.0 Å². The number of para-hydroxylation sites is 2. The van der Waals surface area contributed by atoms with E-state index in [4.69, 9.17) is 0 Å². The third-order valence-electron chi connectivity index (χ3n) is 2.30. The maximum Gasteiger partial charge on any atom is 0.291 e. The molecule has 0 aliphatic rings. The van der Waals surface area contributed by atoms with E-state index in [0.717, 1.165) is 27.0 Å². The van der Waals surface area contributed by atoms with Crippen LogP contribution in [0.3, 0.4) is 0 Å². The number of nitrogens with one attached hydrogen (secondary N) is 2. The minimum atomic E-state index is -0.142. The van der Waals surface area contributed by atoms with Gasteiger partial charge >= 0.3 is 0 Å². The lowest BCUT2D eigenvalue weighted by molar-refractivity contribution is 0.269. The predicted octanol–water partition coefficient (Wildman–Crippen LogP) is 3.95. The van der Waals surface area contributed by atoms with Gasteiger partial charge in [-0.3, -0.25) is 10.1 Å². The number of aromatic nitrogens is 2. The van der Waals surface area contributed by atoms with Crippen LogP contribution in [-0.2, 0) is 0 Å². The summed E-state index contributed by atoms with van der Waals surface area (Å²) >= 11 is 2.70. The fourth-order valence-corrected chi connectivity index (χ4v) is 3.06. The molecule has 0 saturated carbocycles. The standard InChI is InChI=1S/C12H9N3OS2/c16-12(18-10-6-3-7-17-10)15-11-13-8-4-1-2-5-9(8)14-11/h1-7H,(H2,13,14,15,16). The Morgan fingerprint density at radius 2 is 2.17 bits per heavy atom. The molecule has 0 unspecified atom stereocenters. The molecule has 2 N–H and O–H groups in total. The Balaban J connectivity index is 1.74. The summed E-state index contributed by atoms with van der Waals surface area (Å²) in [7, 11) is 0. The first kappa shape index (κ1) is 11.3. The first-order valence-corrected chi connectivity index (χ1v) is 6.98. The third-order valence-corrected chi connectivity index (χ3v) is 4.12. The summed E-state index contributed by atoms with van der Waals surface area (Å²) in [5, 5.41) is 4.53. The van der Waals surface area contributed by atoms with Crippen LogP contribution >= 0.6 is 23.1 Å². The van der Waals surface area contributed by atoms with Crippen molar-refractivity contribution < 1.29 is 4.79 Å². The predicted molar refractivity (Wildman–Crippen MR) is 75.3 cm³/mol. The molecule has 0 aliphatic carbocycles. The third kappa shape index (κ3) is 2.39. The van der Waals surface area contributed by atoms with E-state index < -0.39 is 0 Å². The molecular formula is C12H9N3OS2. The van der Waals surface area contributed by atoms with Gasteiger partial charge in [-0.1, -0.05) is 18.2 Å². The Kier molecular flexibility index (Phi) is 3.04. The summed E-state index contributed by atoms with van der Waals surface area (Å²) in [5.74, 6) is 0.477. The lowest BCUT2D eigenvalue weighted by Gasteiger charge is -1.98. The van der Waals surface area contributed by atoms with Crippen molar-refractivity contribution in [3.05, 3.63) is 41.8 Å². The number of benzene rings is 1. The number of nitrogens with zero attached hydrogens (tertiary/aromatic N) is 1. The summed E-state index contributed by atoms with van der Waals surface area (Å²) in [4.78, 5) is 19.1. The lowest BCUT2D eigenvalue weighted by Crippen LogP contribution is -2.05. The van der Waals surface area contributed by atoms with Crippen molar-refractivity contribution in [2.75, 3.05) is 5.32 Å². The summed E-state index contributed by atoms with van der Waals surface area (Å²) in [6.45, 7) is 0. The van der Waals surface area contributed by atoms with Crippen molar-refractivity contribution in [2.45, 2.75) is 4.21 Å². The lowest BCUT2D eigenvalue weighted by atomic mass is 10.3. The maximum absolute atomic E-state index is 11.8. The van der Waals surface area contributed by atoms with E-state index in [-0.39, 0.29) is 5.24 Å². The Labute approximate surface area is 111 Å². The highest BCUT2D eigenvalue weighted by atomic mass is 32.2. The van der Waals surface area contributed by atoms with Crippen molar-refractivity contribution in [1.29, 1.82) is 0 Å². The van der Waals surface area contributed by atoms with Crippen LogP contribution in [0.25, 0.3) is 11.0 Å². The molecule has 0 atom stereocenters. The summed E-state index contributed by atoms with van der Waals surface area (Å²) in [5.41, 5.74) is 1.75. The fourth-order valence-electron chi connectivity index (χ4n) is 1.55. The number of carbonyl (C=O) groups excluding carboxylic acids is 1. The molecule has 1 amide bonds. The summed E-state index contributed by atoms with van der Waals surface area (Å²) in [6, 6.07) is 11.5. The van der Waals surface area contributed by atoms with E-state index in [1.165, 1.54) is 11.3 Å². The minimum Gasteiger partial charge on any atom is -0.324 e. The number of rotatable bonds is 2. The number of carbonyl (C=O) groups is 1. The highest BCUT2D eigenvalue weighted by molar-refractivity contribution is 8.15. The van der Waals surface area contributed by atoms with Crippen LogP contribution in [0.2, 0.25) is 0 Å². The van der Waals surface area contributed by atoms with Gasteiger partial charge in [-0.15, -0.1) is 11.3 Å². The van der Waals surface area contributed by atoms with Gasteiger partial charge in [-0.05, 0) is 35.3 Å². The van der Waals surface area contributed by atoms with Crippen LogP contribution in [0.4, 0.5) is 10.7 Å². The number of aromatic amines is 1. The van der Waals surface area contributed by atoms with Gasteiger partial charge in [0.25, 0.3) is 5.24 Å². The van der Waals surface area contributed by atoms with E-state index in [1.807, 2.05) is 41.8 Å². The van der Waals surface area contributed by atoms with Crippen LogP contribution in [-0.4, -0.2) is 15.2 Å².